The second-order valence-electron chi connectivity index (χ2n) is 3.68. The van der Waals surface area contributed by atoms with Crippen LogP contribution in [0.25, 0.3) is 0 Å². The van der Waals surface area contributed by atoms with Crippen molar-refractivity contribution in [1.29, 1.82) is 0 Å². The number of pyridine rings is 1. The second-order valence-corrected chi connectivity index (χ2v) is 4.42. The van der Waals surface area contributed by atoms with Gasteiger partial charge in [0.1, 0.15) is 5.15 Å². The summed E-state index contributed by atoms with van der Waals surface area (Å²) in [5.41, 5.74) is 1.94. The van der Waals surface area contributed by atoms with Crippen molar-refractivity contribution in [2.24, 2.45) is 0 Å². The maximum atomic E-state index is 11.8. The third kappa shape index (κ3) is 3.72. The zero-order chi connectivity index (χ0) is 13.0. The van der Waals surface area contributed by atoms with Gasteiger partial charge in [-0.15, -0.1) is 0 Å². The normalized spacial score (nSPS) is 11.5. The molecule has 0 spiro atoms. The summed E-state index contributed by atoms with van der Waals surface area (Å²) < 4.78 is 0. The Hall–Kier alpha value is -1.06. The summed E-state index contributed by atoms with van der Waals surface area (Å²) in [4.78, 5) is 15.7. The molecular weight excluding hydrogens is 259 g/mol. The van der Waals surface area contributed by atoms with Crippen LogP contribution in [-0.4, -0.2) is 10.9 Å². The van der Waals surface area contributed by atoms with Gasteiger partial charge in [-0.05, 0) is 31.9 Å². The molecule has 92 valence electrons. The fourth-order valence-corrected chi connectivity index (χ4v) is 1.94. The number of halogens is 2. The molecule has 0 atom stereocenters. The van der Waals surface area contributed by atoms with Crippen LogP contribution in [0, 0.1) is 6.92 Å². The summed E-state index contributed by atoms with van der Waals surface area (Å²) in [5, 5.41) is 3.24. The van der Waals surface area contributed by atoms with Crippen molar-refractivity contribution in [3.63, 3.8) is 0 Å². The lowest BCUT2D eigenvalue weighted by molar-refractivity contribution is -0.112. The number of carbonyl (C=O) groups is 1. The number of anilines is 1. The van der Waals surface area contributed by atoms with Gasteiger partial charge in [-0.25, -0.2) is 4.98 Å². The van der Waals surface area contributed by atoms with E-state index in [0.717, 1.165) is 12.0 Å². The van der Waals surface area contributed by atoms with E-state index in [1.54, 1.807) is 13.0 Å². The molecule has 0 aliphatic heterocycles. The van der Waals surface area contributed by atoms with Crippen LogP contribution >= 0.6 is 23.2 Å². The molecular formula is C12H14Cl2N2O. The third-order valence-corrected chi connectivity index (χ3v) is 2.72. The molecule has 1 heterocycles. The first-order valence-corrected chi connectivity index (χ1v) is 6.02. The lowest BCUT2D eigenvalue weighted by Gasteiger charge is -2.10. The van der Waals surface area contributed by atoms with E-state index in [9.17, 15) is 4.79 Å². The Kier molecular flexibility index (Phi) is 4.97. The molecule has 0 unspecified atom stereocenters. The molecule has 0 radical (unpaired) electrons. The number of hydrogen-bond donors (Lipinski definition) is 1. The summed E-state index contributed by atoms with van der Waals surface area (Å²) in [6, 6.07) is 1.65. The van der Waals surface area contributed by atoms with Crippen molar-refractivity contribution >= 4 is 34.8 Å². The number of aromatic nitrogens is 1. The highest BCUT2D eigenvalue weighted by Crippen LogP contribution is 2.26. The molecule has 1 rings (SSSR count). The van der Waals surface area contributed by atoms with Gasteiger partial charge >= 0.3 is 0 Å². The summed E-state index contributed by atoms with van der Waals surface area (Å²) in [6.07, 6.45) is 2.66. The number of nitrogens with zero attached hydrogens (tertiary/aromatic N) is 1. The minimum Gasteiger partial charge on any atom is -0.319 e. The Balaban J connectivity index is 2.97. The minimum absolute atomic E-state index is 0.180. The summed E-state index contributed by atoms with van der Waals surface area (Å²) in [5.74, 6) is -0.180. The van der Waals surface area contributed by atoms with Crippen LogP contribution in [0.5, 0.6) is 0 Å². The van der Waals surface area contributed by atoms with Gasteiger partial charge in [0, 0.05) is 5.57 Å². The van der Waals surface area contributed by atoms with Crippen molar-refractivity contribution in [3.05, 3.63) is 33.6 Å². The van der Waals surface area contributed by atoms with Gasteiger partial charge < -0.3 is 5.32 Å². The molecule has 0 fully saturated rings. The number of allylic oxidation sites excluding steroid dienone is 1. The highest BCUT2D eigenvalue weighted by molar-refractivity contribution is 6.35. The van der Waals surface area contributed by atoms with Crippen LogP contribution in [-0.2, 0) is 4.79 Å². The number of aryl methyl sites for hydroxylation is 1. The van der Waals surface area contributed by atoms with E-state index in [1.807, 2.05) is 19.9 Å². The molecule has 1 amide bonds. The Morgan fingerprint density at radius 1 is 1.53 bits per heavy atom. The van der Waals surface area contributed by atoms with Crippen LogP contribution < -0.4 is 5.32 Å². The summed E-state index contributed by atoms with van der Waals surface area (Å²) >= 11 is 11.7. The van der Waals surface area contributed by atoms with Gasteiger partial charge in [-0.3, -0.25) is 4.79 Å². The maximum absolute atomic E-state index is 11.8. The second kappa shape index (κ2) is 6.03. The Bertz CT molecular complexity index is 447. The topological polar surface area (TPSA) is 42.0 Å². The van der Waals surface area contributed by atoms with Crippen LogP contribution in [0.1, 0.15) is 25.8 Å². The lowest BCUT2D eigenvalue weighted by atomic mass is 10.2. The number of amides is 1. The molecule has 17 heavy (non-hydrogen) atoms. The first-order chi connectivity index (χ1) is 7.95. The van der Waals surface area contributed by atoms with Gasteiger partial charge in [0.05, 0.1) is 5.69 Å². The zero-order valence-corrected chi connectivity index (χ0v) is 11.5. The molecule has 0 aromatic carbocycles. The Morgan fingerprint density at radius 2 is 2.18 bits per heavy atom. The van der Waals surface area contributed by atoms with Crippen molar-refractivity contribution in [1.82, 2.24) is 4.98 Å². The molecule has 0 aliphatic rings. The van der Waals surface area contributed by atoms with Crippen molar-refractivity contribution in [2.45, 2.75) is 27.2 Å². The number of nitrogens with one attached hydrogen (secondary N) is 1. The molecule has 0 saturated heterocycles. The van der Waals surface area contributed by atoms with Crippen LogP contribution in [0.15, 0.2) is 17.7 Å². The van der Waals surface area contributed by atoms with Crippen molar-refractivity contribution in [2.75, 3.05) is 5.32 Å². The number of rotatable bonds is 3. The summed E-state index contributed by atoms with van der Waals surface area (Å²) in [6.45, 7) is 5.54. The Morgan fingerprint density at radius 3 is 2.71 bits per heavy atom. The molecule has 1 aromatic rings. The maximum Gasteiger partial charge on any atom is 0.251 e. The number of hydrogen-bond acceptors (Lipinski definition) is 2. The average molecular weight is 273 g/mol. The molecule has 0 bridgehead atoms. The SMILES string of the molecule is CC/C=C(/C)C(=O)Nc1c(C)cc(Cl)nc1Cl. The van der Waals surface area contributed by atoms with E-state index in [-0.39, 0.29) is 11.1 Å². The smallest absolute Gasteiger partial charge is 0.251 e. The van der Waals surface area contributed by atoms with E-state index in [0.29, 0.717) is 16.4 Å². The fraction of sp³-hybridized carbons (Fsp3) is 0.333. The molecule has 5 heteroatoms. The predicted octanol–water partition coefficient (Wildman–Crippen LogP) is 3.99. The third-order valence-electron chi connectivity index (χ3n) is 2.25. The van der Waals surface area contributed by atoms with Crippen LogP contribution in [0.4, 0.5) is 5.69 Å². The fourth-order valence-electron chi connectivity index (χ4n) is 1.36. The first kappa shape index (κ1) is 14.0. The molecule has 1 N–H and O–H groups in total. The molecule has 1 aromatic heterocycles. The molecule has 0 saturated carbocycles. The van der Waals surface area contributed by atoms with Crippen LogP contribution in [0.2, 0.25) is 10.3 Å². The van der Waals surface area contributed by atoms with Gasteiger partial charge in [-0.1, -0.05) is 36.2 Å². The van der Waals surface area contributed by atoms with Gasteiger partial charge in [0.2, 0.25) is 0 Å². The molecule has 3 nitrogen and oxygen atoms in total. The zero-order valence-electron chi connectivity index (χ0n) is 9.97. The monoisotopic (exact) mass is 272 g/mol. The standard InChI is InChI=1S/C12H14Cl2N2O/c1-4-5-7(2)12(17)16-10-8(3)6-9(13)15-11(10)14/h5-6H,4H2,1-3H3,(H,16,17)/b7-5-. The van der Waals surface area contributed by atoms with Gasteiger partial charge in [0.25, 0.3) is 5.91 Å². The molecule has 0 aliphatic carbocycles. The largest absolute Gasteiger partial charge is 0.319 e. The average Bonchev–Trinajstić information content (AvgIpc) is 2.23. The van der Waals surface area contributed by atoms with Gasteiger partial charge in [0.15, 0.2) is 5.15 Å². The highest BCUT2D eigenvalue weighted by Gasteiger charge is 2.11. The van der Waals surface area contributed by atoms with Crippen molar-refractivity contribution < 1.29 is 4.79 Å². The quantitative estimate of drug-likeness (QED) is 0.668. The van der Waals surface area contributed by atoms with Crippen molar-refractivity contribution in [3.8, 4) is 0 Å². The minimum atomic E-state index is -0.180. The van der Waals surface area contributed by atoms with E-state index in [1.165, 1.54) is 0 Å². The lowest BCUT2D eigenvalue weighted by Crippen LogP contribution is -2.14. The first-order valence-electron chi connectivity index (χ1n) is 5.26. The van der Waals surface area contributed by atoms with E-state index < -0.39 is 0 Å². The van der Waals surface area contributed by atoms with E-state index >= 15 is 0 Å². The van der Waals surface area contributed by atoms with Gasteiger partial charge in [-0.2, -0.15) is 0 Å². The van der Waals surface area contributed by atoms with Crippen LogP contribution in [0.3, 0.4) is 0 Å². The Labute approximate surface area is 111 Å². The number of carbonyl (C=O) groups excluding carboxylic acids is 1. The van der Waals surface area contributed by atoms with E-state index in [2.05, 4.69) is 10.3 Å². The highest BCUT2D eigenvalue weighted by atomic mass is 35.5. The predicted molar refractivity (Wildman–Crippen MR) is 71.7 cm³/mol. The summed E-state index contributed by atoms with van der Waals surface area (Å²) in [7, 11) is 0. The van der Waals surface area contributed by atoms with E-state index in [4.69, 9.17) is 23.2 Å².